The third kappa shape index (κ3) is 3.16. The Hall–Kier alpha value is -2.53. The maximum atomic E-state index is 5.73. The van der Waals surface area contributed by atoms with Crippen LogP contribution in [-0.2, 0) is 12.8 Å². The Balaban J connectivity index is 1.26. The summed E-state index contributed by atoms with van der Waals surface area (Å²) in [5.74, 6) is 2.45. The second kappa shape index (κ2) is 6.89. The minimum atomic E-state index is 0.353. The minimum absolute atomic E-state index is 0.353. The van der Waals surface area contributed by atoms with Crippen molar-refractivity contribution in [3.63, 3.8) is 0 Å². The normalized spacial score (nSPS) is 18.2. The molecule has 0 radical (unpaired) electrons. The van der Waals surface area contributed by atoms with Gasteiger partial charge in [0.2, 0.25) is 6.79 Å². The lowest BCUT2D eigenvalue weighted by atomic mass is 9.82. The van der Waals surface area contributed by atoms with Crippen molar-refractivity contribution >= 4 is 11.1 Å². The third-order valence-electron chi connectivity index (χ3n) is 5.81. The van der Waals surface area contributed by atoms with Gasteiger partial charge in [0.1, 0.15) is 5.52 Å². The van der Waals surface area contributed by atoms with E-state index in [9.17, 15) is 0 Å². The van der Waals surface area contributed by atoms with Crippen molar-refractivity contribution in [1.29, 1.82) is 0 Å². The monoisotopic (exact) mass is 364 g/mol. The number of nitrogens with zero attached hydrogens (tertiary/aromatic N) is 2. The summed E-state index contributed by atoms with van der Waals surface area (Å²) >= 11 is 0. The zero-order valence-corrected chi connectivity index (χ0v) is 15.6. The van der Waals surface area contributed by atoms with Gasteiger partial charge in [0.25, 0.3) is 0 Å². The summed E-state index contributed by atoms with van der Waals surface area (Å²) in [4.78, 5) is 6.62. The molecule has 3 aromatic rings. The second-order valence-electron chi connectivity index (χ2n) is 7.62. The van der Waals surface area contributed by atoms with Gasteiger partial charge in [-0.3, -0.25) is 0 Å². The lowest BCUT2D eigenvalue weighted by molar-refractivity contribution is 0.173. The Morgan fingerprint density at radius 2 is 2.15 bits per heavy atom. The molecule has 2 heterocycles. The number of hydrogen-bond donors (Lipinski definition) is 0. The number of likely N-dealkylation sites (N-methyl/N-ethyl adjacent to an activating group) is 1. The molecule has 140 valence electrons. The van der Waals surface area contributed by atoms with Gasteiger partial charge in [0, 0.05) is 18.7 Å². The SMILES string of the molecule is CN(CCc1ccc2ncoc2c1)C[C@@H]1CCCc2c1ccc1c2OCO1. The van der Waals surface area contributed by atoms with Crippen LogP contribution in [0.4, 0.5) is 0 Å². The van der Waals surface area contributed by atoms with E-state index in [1.807, 2.05) is 6.07 Å². The molecule has 1 aromatic heterocycles. The molecule has 27 heavy (non-hydrogen) atoms. The number of rotatable bonds is 5. The summed E-state index contributed by atoms with van der Waals surface area (Å²) in [5, 5.41) is 0. The first-order valence-electron chi connectivity index (χ1n) is 9.70. The van der Waals surface area contributed by atoms with Crippen LogP contribution < -0.4 is 9.47 Å². The highest BCUT2D eigenvalue weighted by Gasteiger charge is 2.28. The van der Waals surface area contributed by atoms with Crippen molar-refractivity contribution in [1.82, 2.24) is 9.88 Å². The maximum absolute atomic E-state index is 5.73. The molecule has 0 saturated carbocycles. The summed E-state index contributed by atoms with van der Waals surface area (Å²) in [6, 6.07) is 10.6. The highest BCUT2D eigenvalue weighted by molar-refractivity contribution is 5.72. The molecule has 5 rings (SSSR count). The molecule has 5 nitrogen and oxygen atoms in total. The molecule has 0 fully saturated rings. The zero-order valence-electron chi connectivity index (χ0n) is 15.6. The largest absolute Gasteiger partial charge is 0.454 e. The summed E-state index contributed by atoms with van der Waals surface area (Å²) in [5.41, 5.74) is 5.89. The minimum Gasteiger partial charge on any atom is -0.454 e. The van der Waals surface area contributed by atoms with Crippen molar-refractivity contribution < 1.29 is 13.9 Å². The lowest BCUT2D eigenvalue weighted by Crippen LogP contribution is -2.28. The average Bonchev–Trinajstić information content (AvgIpc) is 3.35. The van der Waals surface area contributed by atoms with E-state index in [1.165, 1.54) is 35.9 Å². The van der Waals surface area contributed by atoms with Crippen LogP contribution in [0.25, 0.3) is 11.1 Å². The molecule has 0 bridgehead atoms. The predicted octanol–water partition coefficient (Wildman–Crippen LogP) is 4.15. The molecule has 0 amide bonds. The first-order valence-corrected chi connectivity index (χ1v) is 9.70. The smallest absolute Gasteiger partial charge is 0.231 e. The molecule has 5 heteroatoms. The van der Waals surface area contributed by atoms with Gasteiger partial charge in [-0.05, 0) is 68.0 Å². The van der Waals surface area contributed by atoms with Crippen LogP contribution in [0.5, 0.6) is 11.5 Å². The van der Waals surface area contributed by atoms with E-state index in [1.54, 1.807) is 0 Å². The Kier molecular flexibility index (Phi) is 4.24. The van der Waals surface area contributed by atoms with Gasteiger partial charge in [0.15, 0.2) is 23.5 Å². The Labute approximate surface area is 158 Å². The van der Waals surface area contributed by atoms with Crippen LogP contribution in [0.15, 0.2) is 41.1 Å². The molecule has 1 atom stereocenters. The second-order valence-corrected chi connectivity index (χ2v) is 7.62. The van der Waals surface area contributed by atoms with Gasteiger partial charge in [-0.2, -0.15) is 0 Å². The summed E-state index contributed by atoms with van der Waals surface area (Å²) < 4.78 is 16.7. The van der Waals surface area contributed by atoms with Gasteiger partial charge in [-0.1, -0.05) is 12.1 Å². The number of fused-ring (bicyclic) bond motifs is 4. The molecular formula is C22H24N2O3. The number of aromatic nitrogens is 1. The van der Waals surface area contributed by atoms with Crippen LogP contribution in [0.1, 0.15) is 35.4 Å². The third-order valence-corrected chi connectivity index (χ3v) is 5.81. The van der Waals surface area contributed by atoms with Crippen LogP contribution in [0.3, 0.4) is 0 Å². The van der Waals surface area contributed by atoms with Crippen molar-refractivity contribution in [3.8, 4) is 11.5 Å². The van der Waals surface area contributed by atoms with E-state index in [0.717, 1.165) is 48.5 Å². The van der Waals surface area contributed by atoms with Crippen LogP contribution >= 0.6 is 0 Å². The first kappa shape index (κ1) is 16.6. The summed E-state index contributed by atoms with van der Waals surface area (Å²) in [7, 11) is 2.22. The van der Waals surface area contributed by atoms with Crippen molar-refractivity contribution in [2.24, 2.45) is 0 Å². The Morgan fingerprint density at radius 1 is 1.19 bits per heavy atom. The van der Waals surface area contributed by atoms with Gasteiger partial charge < -0.3 is 18.8 Å². The Bertz CT molecular complexity index is 965. The van der Waals surface area contributed by atoms with E-state index >= 15 is 0 Å². The molecule has 1 aliphatic heterocycles. The standard InChI is InChI=1S/C22H24N2O3/c1-24(10-9-15-5-7-19-21(11-15)25-13-23-19)12-16-3-2-4-18-17(16)6-8-20-22(18)27-14-26-20/h5-8,11,13,16H,2-4,9-10,12,14H2,1H3/t16-/m0/s1. The fraction of sp³-hybridized carbons (Fsp3) is 0.409. The van der Waals surface area contributed by atoms with Crippen LogP contribution in [0.2, 0.25) is 0 Å². The van der Waals surface area contributed by atoms with Gasteiger partial charge >= 0.3 is 0 Å². The van der Waals surface area contributed by atoms with Crippen molar-refractivity contribution in [2.45, 2.75) is 31.6 Å². The van der Waals surface area contributed by atoms with E-state index in [2.05, 4.69) is 41.2 Å². The Morgan fingerprint density at radius 3 is 3.11 bits per heavy atom. The molecule has 0 N–H and O–H groups in total. The van der Waals surface area contributed by atoms with E-state index in [4.69, 9.17) is 13.9 Å². The molecule has 2 aliphatic rings. The predicted molar refractivity (Wildman–Crippen MR) is 103 cm³/mol. The molecular weight excluding hydrogens is 340 g/mol. The number of ether oxygens (including phenoxy) is 2. The molecule has 0 spiro atoms. The molecule has 0 unspecified atom stereocenters. The van der Waals surface area contributed by atoms with E-state index in [-0.39, 0.29) is 0 Å². The summed E-state index contributed by atoms with van der Waals surface area (Å²) in [6.45, 7) is 2.44. The maximum Gasteiger partial charge on any atom is 0.231 e. The van der Waals surface area contributed by atoms with Crippen LogP contribution in [-0.4, -0.2) is 36.8 Å². The molecule has 2 aromatic carbocycles. The van der Waals surface area contributed by atoms with E-state index < -0.39 is 0 Å². The fourth-order valence-electron chi connectivity index (χ4n) is 4.40. The summed E-state index contributed by atoms with van der Waals surface area (Å²) in [6.07, 6.45) is 6.06. The zero-order chi connectivity index (χ0) is 18.2. The topological polar surface area (TPSA) is 47.7 Å². The fourth-order valence-corrected chi connectivity index (χ4v) is 4.40. The number of hydrogen-bond acceptors (Lipinski definition) is 5. The van der Waals surface area contributed by atoms with Gasteiger partial charge in [-0.15, -0.1) is 0 Å². The molecule has 0 saturated heterocycles. The van der Waals surface area contributed by atoms with Crippen molar-refractivity contribution in [3.05, 3.63) is 53.4 Å². The van der Waals surface area contributed by atoms with Crippen molar-refractivity contribution in [2.75, 3.05) is 26.9 Å². The van der Waals surface area contributed by atoms with E-state index in [0.29, 0.717) is 12.7 Å². The van der Waals surface area contributed by atoms with Gasteiger partial charge in [0.05, 0.1) is 0 Å². The highest BCUT2D eigenvalue weighted by Crippen LogP contribution is 2.44. The van der Waals surface area contributed by atoms with Gasteiger partial charge in [-0.25, -0.2) is 4.98 Å². The van der Waals surface area contributed by atoms with Crippen LogP contribution in [0, 0.1) is 0 Å². The number of oxazole rings is 1. The lowest BCUT2D eigenvalue weighted by Gasteiger charge is -2.30. The quantitative estimate of drug-likeness (QED) is 0.681. The highest BCUT2D eigenvalue weighted by atomic mass is 16.7. The molecule has 1 aliphatic carbocycles. The first-order chi connectivity index (χ1) is 13.3. The number of benzene rings is 2. The average molecular weight is 364 g/mol.